The molecule has 1 N–H and O–H groups in total. The summed E-state index contributed by atoms with van der Waals surface area (Å²) >= 11 is 0. The van der Waals surface area contributed by atoms with Crippen LogP contribution >= 0.6 is 0 Å². The molecule has 0 unspecified atom stereocenters. The highest BCUT2D eigenvalue weighted by molar-refractivity contribution is 5.50. The summed E-state index contributed by atoms with van der Waals surface area (Å²) < 4.78 is 11.3. The number of ether oxygens (including phenoxy) is 2. The summed E-state index contributed by atoms with van der Waals surface area (Å²) in [5, 5.41) is 3.41. The molecule has 0 bridgehead atoms. The van der Waals surface area contributed by atoms with E-state index in [9.17, 15) is 0 Å². The number of rotatable bonds is 8. The maximum Gasteiger partial charge on any atom is 0.166 e. The molecule has 0 atom stereocenters. The van der Waals surface area contributed by atoms with Crippen molar-refractivity contribution in [3.63, 3.8) is 0 Å². The fraction of sp³-hybridized carbons (Fsp3) is 0.333. The maximum atomic E-state index is 5.92. The number of unbranched alkanes of at least 4 members (excludes halogenated alkanes) is 1. The van der Waals surface area contributed by atoms with Crippen molar-refractivity contribution in [2.45, 2.75) is 26.3 Å². The van der Waals surface area contributed by atoms with Gasteiger partial charge in [-0.2, -0.15) is 0 Å². The van der Waals surface area contributed by atoms with E-state index in [-0.39, 0.29) is 0 Å². The van der Waals surface area contributed by atoms with Crippen molar-refractivity contribution in [1.82, 2.24) is 0 Å². The predicted octanol–water partition coefficient (Wildman–Crippen LogP) is 4.49. The molecule has 2 rings (SSSR count). The zero-order valence-electron chi connectivity index (χ0n) is 12.8. The molecule has 0 radical (unpaired) electrons. The predicted molar refractivity (Wildman–Crippen MR) is 87.2 cm³/mol. The molecule has 0 saturated heterocycles. The number of para-hydroxylation sites is 2. The maximum absolute atomic E-state index is 5.92. The van der Waals surface area contributed by atoms with Crippen LogP contribution in [0, 0.1) is 0 Å². The third kappa shape index (κ3) is 4.42. The summed E-state index contributed by atoms with van der Waals surface area (Å²) in [5.41, 5.74) is 2.20. The molecule has 112 valence electrons. The van der Waals surface area contributed by atoms with Crippen LogP contribution in [0.3, 0.4) is 0 Å². The van der Waals surface area contributed by atoms with Crippen LogP contribution in [0.1, 0.15) is 25.3 Å². The number of nitrogens with one attached hydrogen (secondary N) is 1. The number of methoxy groups -OCH3 is 1. The minimum atomic E-state index is 0.711. The second-order valence-corrected chi connectivity index (χ2v) is 4.87. The molecule has 0 aliphatic carbocycles. The molecule has 0 aliphatic heterocycles. The van der Waals surface area contributed by atoms with Crippen LogP contribution in [0.4, 0.5) is 5.69 Å². The zero-order chi connectivity index (χ0) is 14.9. The van der Waals surface area contributed by atoms with E-state index < -0.39 is 0 Å². The van der Waals surface area contributed by atoms with Gasteiger partial charge in [0.1, 0.15) is 0 Å². The Morgan fingerprint density at radius 3 is 2.52 bits per heavy atom. The third-order valence-electron chi connectivity index (χ3n) is 3.28. The van der Waals surface area contributed by atoms with Gasteiger partial charge in [0.05, 0.1) is 13.7 Å². The summed E-state index contributed by atoms with van der Waals surface area (Å²) in [6, 6.07) is 16.2. The van der Waals surface area contributed by atoms with Crippen molar-refractivity contribution >= 4 is 5.69 Å². The molecular weight excluding hydrogens is 262 g/mol. The number of benzene rings is 2. The van der Waals surface area contributed by atoms with Crippen LogP contribution in [-0.2, 0) is 6.54 Å². The van der Waals surface area contributed by atoms with Gasteiger partial charge in [0.15, 0.2) is 11.5 Å². The van der Waals surface area contributed by atoms with Gasteiger partial charge in [-0.05, 0) is 24.6 Å². The first-order chi connectivity index (χ1) is 10.3. The van der Waals surface area contributed by atoms with E-state index in [2.05, 4.69) is 30.4 Å². The van der Waals surface area contributed by atoms with Crippen molar-refractivity contribution in [2.75, 3.05) is 19.0 Å². The Kier molecular flexibility index (Phi) is 5.95. The van der Waals surface area contributed by atoms with Crippen LogP contribution < -0.4 is 14.8 Å². The van der Waals surface area contributed by atoms with Gasteiger partial charge in [-0.15, -0.1) is 0 Å². The molecule has 21 heavy (non-hydrogen) atoms. The van der Waals surface area contributed by atoms with Crippen molar-refractivity contribution < 1.29 is 9.47 Å². The van der Waals surface area contributed by atoms with E-state index in [4.69, 9.17) is 9.47 Å². The smallest absolute Gasteiger partial charge is 0.166 e. The van der Waals surface area contributed by atoms with Gasteiger partial charge in [-0.25, -0.2) is 0 Å². The minimum Gasteiger partial charge on any atom is -0.493 e. The number of anilines is 1. The molecular formula is C18H23NO2. The molecule has 0 fully saturated rings. The second kappa shape index (κ2) is 8.20. The van der Waals surface area contributed by atoms with Gasteiger partial charge in [0.2, 0.25) is 0 Å². The van der Waals surface area contributed by atoms with E-state index >= 15 is 0 Å². The van der Waals surface area contributed by atoms with Crippen LogP contribution in [0.5, 0.6) is 11.5 Å². The number of hydrogen-bond acceptors (Lipinski definition) is 3. The van der Waals surface area contributed by atoms with E-state index in [1.165, 1.54) is 0 Å². The highest BCUT2D eigenvalue weighted by atomic mass is 16.5. The first kappa shape index (κ1) is 15.2. The highest BCUT2D eigenvalue weighted by Gasteiger charge is 2.10. The molecule has 2 aromatic carbocycles. The van der Waals surface area contributed by atoms with Crippen LogP contribution in [0.25, 0.3) is 0 Å². The fourth-order valence-corrected chi connectivity index (χ4v) is 2.10. The Morgan fingerprint density at radius 1 is 1.00 bits per heavy atom. The van der Waals surface area contributed by atoms with Gasteiger partial charge < -0.3 is 14.8 Å². The van der Waals surface area contributed by atoms with Crippen molar-refractivity contribution in [3.05, 3.63) is 54.1 Å². The van der Waals surface area contributed by atoms with Gasteiger partial charge in [-0.3, -0.25) is 0 Å². The Hall–Kier alpha value is -2.16. The Morgan fingerprint density at radius 2 is 1.81 bits per heavy atom. The lowest BCUT2D eigenvalue weighted by Crippen LogP contribution is -2.06. The van der Waals surface area contributed by atoms with Crippen molar-refractivity contribution in [3.8, 4) is 11.5 Å². The summed E-state index contributed by atoms with van der Waals surface area (Å²) in [4.78, 5) is 0. The lowest BCUT2D eigenvalue weighted by Gasteiger charge is -2.15. The summed E-state index contributed by atoms with van der Waals surface area (Å²) in [5.74, 6) is 1.63. The first-order valence-electron chi connectivity index (χ1n) is 7.42. The average molecular weight is 285 g/mol. The van der Waals surface area contributed by atoms with Crippen LogP contribution in [0.2, 0.25) is 0 Å². The minimum absolute atomic E-state index is 0.711. The van der Waals surface area contributed by atoms with E-state index in [1.54, 1.807) is 7.11 Å². The first-order valence-corrected chi connectivity index (χ1v) is 7.42. The standard InChI is InChI=1S/C18H23NO2/c1-3-4-13-21-18-15(9-8-12-17(18)20-2)14-19-16-10-6-5-7-11-16/h5-12,19H,3-4,13-14H2,1-2H3. The Bertz CT molecular complexity index is 540. The molecule has 0 aliphatic rings. The summed E-state index contributed by atoms with van der Waals surface area (Å²) in [7, 11) is 1.68. The molecule has 0 aromatic heterocycles. The molecule has 0 saturated carbocycles. The largest absolute Gasteiger partial charge is 0.493 e. The van der Waals surface area contributed by atoms with Gasteiger partial charge in [0, 0.05) is 17.8 Å². The monoisotopic (exact) mass is 285 g/mol. The zero-order valence-corrected chi connectivity index (χ0v) is 12.8. The van der Waals surface area contributed by atoms with E-state index in [0.29, 0.717) is 6.54 Å². The molecule has 0 amide bonds. The van der Waals surface area contributed by atoms with Gasteiger partial charge in [-0.1, -0.05) is 43.7 Å². The van der Waals surface area contributed by atoms with Crippen molar-refractivity contribution in [2.24, 2.45) is 0 Å². The fourth-order valence-electron chi connectivity index (χ4n) is 2.10. The Labute approximate surface area is 126 Å². The highest BCUT2D eigenvalue weighted by Crippen LogP contribution is 2.31. The Balaban J connectivity index is 2.09. The topological polar surface area (TPSA) is 30.5 Å². The molecule has 3 nitrogen and oxygen atoms in total. The van der Waals surface area contributed by atoms with Gasteiger partial charge >= 0.3 is 0 Å². The van der Waals surface area contributed by atoms with Crippen molar-refractivity contribution in [1.29, 1.82) is 0 Å². The number of hydrogen-bond donors (Lipinski definition) is 1. The van der Waals surface area contributed by atoms with Crippen LogP contribution in [0.15, 0.2) is 48.5 Å². The van der Waals surface area contributed by atoms with E-state index in [0.717, 1.165) is 42.2 Å². The molecule has 2 aromatic rings. The second-order valence-electron chi connectivity index (χ2n) is 4.87. The third-order valence-corrected chi connectivity index (χ3v) is 3.28. The average Bonchev–Trinajstić information content (AvgIpc) is 2.54. The molecule has 0 spiro atoms. The molecule has 0 heterocycles. The normalized spacial score (nSPS) is 10.2. The van der Waals surface area contributed by atoms with E-state index in [1.807, 2.05) is 30.3 Å². The quantitative estimate of drug-likeness (QED) is 0.725. The summed E-state index contributed by atoms with van der Waals surface area (Å²) in [6.07, 6.45) is 2.16. The SMILES string of the molecule is CCCCOc1c(CNc2ccccc2)cccc1OC. The lowest BCUT2D eigenvalue weighted by atomic mass is 10.1. The van der Waals surface area contributed by atoms with Crippen LogP contribution in [-0.4, -0.2) is 13.7 Å². The lowest BCUT2D eigenvalue weighted by molar-refractivity contribution is 0.285. The molecule has 3 heteroatoms. The summed E-state index contributed by atoms with van der Waals surface area (Å²) in [6.45, 7) is 3.58. The van der Waals surface area contributed by atoms with Gasteiger partial charge in [0.25, 0.3) is 0 Å².